The molecule has 1 amide bonds. The summed E-state index contributed by atoms with van der Waals surface area (Å²) < 4.78 is 39.0. The lowest BCUT2D eigenvalue weighted by Gasteiger charge is -2.20. The average molecular weight is 528 g/mol. The number of thiazole rings is 1. The zero-order valence-electron chi connectivity index (χ0n) is 20.5. The summed E-state index contributed by atoms with van der Waals surface area (Å²) in [4.78, 5) is 20.0. The van der Waals surface area contributed by atoms with E-state index in [1.807, 2.05) is 32.0 Å². The van der Waals surface area contributed by atoms with E-state index >= 15 is 0 Å². The second kappa shape index (κ2) is 11.2. The summed E-state index contributed by atoms with van der Waals surface area (Å²) >= 11 is 1.38. The number of amides is 1. The molecule has 0 bridgehead atoms. The normalized spacial score (nSPS) is 11.8. The van der Waals surface area contributed by atoms with Crippen molar-refractivity contribution in [2.75, 3.05) is 25.1 Å². The second-order valence-corrected chi connectivity index (χ2v) is 11.3. The smallest absolute Gasteiger partial charge is 0.260 e. The maximum absolute atomic E-state index is 13.6. The first kappa shape index (κ1) is 25.9. The Bertz CT molecular complexity index is 1410. The first-order valence-corrected chi connectivity index (χ1v) is 14.0. The molecule has 0 saturated heterocycles. The highest BCUT2D eigenvalue weighted by Gasteiger charge is 2.25. The summed E-state index contributed by atoms with van der Waals surface area (Å²) in [6.07, 6.45) is 3.24. The molecule has 2 aromatic heterocycles. The Morgan fingerprint density at radius 2 is 1.89 bits per heavy atom. The minimum absolute atomic E-state index is 0.152. The Kier molecular flexibility index (Phi) is 8.07. The topological polar surface area (TPSA) is 93.0 Å². The monoisotopic (exact) mass is 527 g/mol. The number of anilines is 1. The van der Waals surface area contributed by atoms with E-state index in [1.165, 1.54) is 27.8 Å². The van der Waals surface area contributed by atoms with Crippen molar-refractivity contribution in [2.24, 2.45) is 0 Å². The van der Waals surface area contributed by atoms with Crippen molar-refractivity contribution < 1.29 is 22.4 Å². The first-order valence-electron chi connectivity index (χ1n) is 11.8. The van der Waals surface area contributed by atoms with Crippen molar-refractivity contribution >= 4 is 42.6 Å². The summed E-state index contributed by atoms with van der Waals surface area (Å²) in [5.41, 5.74) is 1.11. The number of hydrogen-bond donors (Lipinski definition) is 0. The molecule has 4 rings (SSSR count). The molecular weight excluding hydrogens is 498 g/mol. The average Bonchev–Trinajstić information content (AvgIpc) is 3.55. The van der Waals surface area contributed by atoms with Crippen LogP contribution in [0.1, 0.15) is 42.8 Å². The highest BCUT2D eigenvalue weighted by molar-refractivity contribution is 7.89. The summed E-state index contributed by atoms with van der Waals surface area (Å²) in [5, 5.41) is 0.510. The molecule has 10 heteroatoms. The fourth-order valence-corrected chi connectivity index (χ4v) is 5.86. The molecule has 0 N–H and O–H groups in total. The van der Waals surface area contributed by atoms with Crippen LogP contribution in [0.4, 0.5) is 5.13 Å². The van der Waals surface area contributed by atoms with Crippen LogP contribution in [-0.2, 0) is 16.6 Å². The zero-order valence-corrected chi connectivity index (χ0v) is 22.1. The van der Waals surface area contributed by atoms with Gasteiger partial charge < -0.3 is 9.15 Å². The number of nitrogens with zero attached hydrogens (tertiary/aromatic N) is 3. The van der Waals surface area contributed by atoms with Crippen LogP contribution in [0.2, 0.25) is 0 Å². The molecule has 190 valence electrons. The largest absolute Gasteiger partial charge is 0.494 e. The molecule has 0 fully saturated rings. The molecule has 0 aliphatic heterocycles. The minimum Gasteiger partial charge on any atom is -0.494 e. The van der Waals surface area contributed by atoms with Gasteiger partial charge in [0.2, 0.25) is 10.0 Å². The van der Waals surface area contributed by atoms with Gasteiger partial charge >= 0.3 is 0 Å². The van der Waals surface area contributed by atoms with E-state index in [-0.39, 0.29) is 17.3 Å². The van der Waals surface area contributed by atoms with Gasteiger partial charge in [0.1, 0.15) is 11.5 Å². The maximum atomic E-state index is 13.6. The van der Waals surface area contributed by atoms with Crippen LogP contribution in [0.15, 0.2) is 70.2 Å². The van der Waals surface area contributed by atoms with E-state index < -0.39 is 10.0 Å². The third-order valence-corrected chi connectivity index (χ3v) is 8.58. The molecule has 0 radical (unpaired) electrons. The van der Waals surface area contributed by atoms with Gasteiger partial charge in [0.05, 0.1) is 34.5 Å². The van der Waals surface area contributed by atoms with Crippen molar-refractivity contribution in [1.82, 2.24) is 9.29 Å². The number of unbranched alkanes of at least 4 members (excludes halogenated alkanes) is 1. The standard InChI is InChI=1S/C26H29N3O5S2/c1-4-6-15-28(3)36(31,32)22-12-9-19(10-13-22)25(30)29(18-21-8-7-16-34-21)26-27-23-14-11-20(33-5-2)17-24(23)35-26/h7-14,16-17H,4-6,15,18H2,1-3H3. The molecule has 0 saturated carbocycles. The van der Waals surface area contributed by atoms with Crippen LogP contribution >= 0.6 is 11.3 Å². The molecule has 2 aromatic carbocycles. The second-order valence-electron chi connectivity index (χ2n) is 8.23. The Labute approximate surface area is 215 Å². The Hall–Kier alpha value is -3.21. The van der Waals surface area contributed by atoms with Gasteiger partial charge in [-0.3, -0.25) is 9.69 Å². The fraction of sp³-hybridized carbons (Fsp3) is 0.308. The predicted molar refractivity (Wildman–Crippen MR) is 141 cm³/mol. The Balaban J connectivity index is 1.64. The molecule has 0 aliphatic rings. The van der Waals surface area contributed by atoms with E-state index in [9.17, 15) is 13.2 Å². The lowest BCUT2D eigenvalue weighted by Crippen LogP contribution is -2.30. The molecule has 0 unspecified atom stereocenters. The molecule has 0 aliphatic carbocycles. The number of carbonyl (C=O) groups excluding carboxylic acids is 1. The van der Waals surface area contributed by atoms with Crippen LogP contribution in [-0.4, -0.2) is 43.8 Å². The number of hydrogen-bond acceptors (Lipinski definition) is 7. The lowest BCUT2D eigenvalue weighted by atomic mass is 10.2. The fourth-order valence-electron chi connectivity index (χ4n) is 3.66. The lowest BCUT2D eigenvalue weighted by molar-refractivity contribution is 0.0983. The number of benzene rings is 2. The molecule has 8 nitrogen and oxygen atoms in total. The van der Waals surface area contributed by atoms with Crippen LogP contribution in [0.3, 0.4) is 0 Å². The van der Waals surface area contributed by atoms with Crippen molar-refractivity contribution in [3.05, 3.63) is 72.2 Å². The Morgan fingerprint density at radius 3 is 2.56 bits per heavy atom. The number of aromatic nitrogens is 1. The third kappa shape index (κ3) is 5.61. The number of sulfonamides is 1. The van der Waals surface area contributed by atoms with Crippen LogP contribution in [0.5, 0.6) is 5.75 Å². The molecule has 4 aromatic rings. The molecular formula is C26H29N3O5S2. The third-order valence-electron chi connectivity index (χ3n) is 5.67. The molecule has 36 heavy (non-hydrogen) atoms. The van der Waals surface area contributed by atoms with Gasteiger partial charge in [-0.15, -0.1) is 0 Å². The highest BCUT2D eigenvalue weighted by atomic mass is 32.2. The molecule has 2 heterocycles. The van der Waals surface area contributed by atoms with Gasteiger partial charge in [-0.1, -0.05) is 24.7 Å². The quantitative estimate of drug-likeness (QED) is 0.254. The van der Waals surface area contributed by atoms with E-state index in [2.05, 4.69) is 4.98 Å². The van der Waals surface area contributed by atoms with Crippen LogP contribution < -0.4 is 9.64 Å². The van der Waals surface area contributed by atoms with Gasteiger partial charge in [-0.05, 0) is 67.9 Å². The number of carbonyl (C=O) groups is 1. The zero-order chi connectivity index (χ0) is 25.7. The minimum atomic E-state index is -3.62. The number of fused-ring (bicyclic) bond motifs is 1. The van der Waals surface area contributed by atoms with Crippen molar-refractivity contribution in [2.45, 2.75) is 38.1 Å². The van der Waals surface area contributed by atoms with Crippen molar-refractivity contribution in [1.29, 1.82) is 0 Å². The number of ether oxygens (including phenoxy) is 1. The van der Waals surface area contributed by atoms with Gasteiger partial charge in [0.15, 0.2) is 5.13 Å². The summed E-state index contributed by atoms with van der Waals surface area (Å²) in [7, 11) is -2.05. The summed E-state index contributed by atoms with van der Waals surface area (Å²) in [6.45, 7) is 5.12. The van der Waals surface area contributed by atoms with Gasteiger partial charge in [0, 0.05) is 19.2 Å². The molecule has 0 atom stereocenters. The summed E-state index contributed by atoms with van der Waals surface area (Å²) in [6, 6.07) is 15.2. The van der Waals surface area contributed by atoms with E-state index in [0.29, 0.717) is 29.6 Å². The maximum Gasteiger partial charge on any atom is 0.260 e. The van der Waals surface area contributed by atoms with Crippen molar-refractivity contribution in [3.63, 3.8) is 0 Å². The van der Waals surface area contributed by atoms with E-state index in [4.69, 9.17) is 9.15 Å². The number of furan rings is 1. The van der Waals surface area contributed by atoms with Crippen LogP contribution in [0, 0.1) is 0 Å². The Morgan fingerprint density at radius 1 is 1.11 bits per heavy atom. The van der Waals surface area contributed by atoms with Gasteiger partial charge in [-0.25, -0.2) is 17.7 Å². The van der Waals surface area contributed by atoms with Gasteiger partial charge in [-0.2, -0.15) is 0 Å². The van der Waals surface area contributed by atoms with E-state index in [0.717, 1.165) is 28.8 Å². The number of rotatable bonds is 11. The van der Waals surface area contributed by atoms with Crippen LogP contribution in [0.25, 0.3) is 10.2 Å². The highest BCUT2D eigenvalue weighted by Crippen LogP contribution is 2.33. The summed E-state index contributed by atoms with van der Waals surface area (Å²) in [5.74, 6) is 1.04. The van der Waals surface area contributed by atoms with E-state index in [1.54, 1.807) is 42.5 Å². The SMILES string of the molecule is CCCCN(C)S(=O)(=O)c1ccc(C(=O)N(Cc2ccco2)c2nc3ccc(OCC)cc3s2)cc1. The molecule has 0 spiro atoms. The van der Waals surface area contributed by atoms with Crippen molar-refractivity contribution in [3.8, 4) is 5.75 Å². The predicted octanol–water partition coefficient (Wildman–Crippen LogP) is 5.56. The van der Waals surface area contributed by atoms with Gasteiger partial charge in [0.25, 0.3) is 5.91 Å². The first-order chi connectivity index (χ1) is 17.3.